The van der Waals surface area contributed by atoms with Crippen LogP contribution >= 0.6 is 11.3 Å². The lowest BCUT2D eigenvalue weighted by Crippen LogP contribution is -2.48. The molecule has 7 aromatic rings. The molecule has 16 heteroatoms. The topological polar surface area (TPSA) is 199 Å². The van der Waals surface area contributed by atoms with Gasteiger partial charge in [-0.3, -0.25) is 9.59 Å². The number of rotatable bonds is 12. The van der Waals surface area contributed by atoms with Gasteiger partial charge >= 0.3 is 0 Å². The average molecular weight is 935 g/mol. The standard InChI is InChI=1S/C52H58N10O5S/c1-29(2)47(51(66)62-27-38(63)21-44(62)50(65)57-30(3)32-9-15-36(16-10-32)48-31(4)56-28-68-48)46-23-42(60-67-46)35-13-11-33(12-14-35)37-24-54-52(55-25-37)61-19-17-34(18-20-61)41-26-53-49-40(41)22-43(58-59-49)39-7-5-6-8-45(39)64/h5-10,15-16,22-26,28-30,33-35,38,44,47,63-64H,11-14,17-21,27H2,1-4H3,(H,53,59)(H,57,65)/t30-,33-,35+,38+,44-,47-/m0/s1. The van der Waals surface area contributed by atoms with Crippen LogP contribution in [0.1, 0.15) is 129 Å². The molecule has 0 spiro atoms. The van der Waals surface area contributed by atoms with E-state index in [1.165, 1.54) is 10.5 Å². The summed E-state index contributed by atoms with van der Waals surface area (Å²) in [6, 6.07) is 18.2. The number of phenolic OH excluding ortho intramolecular Hbond substituents is 1. The molecular weight excluding hydrogens is 877 g/mol. The summed E-state index contributed by atoms with van der Waals surface area (Å²) in [5.41, 5.74) is 10.1. The Hall–Kier alpha value is -6.52. The number of aryl methyl sites for hydroxylation is 1. The minimum absolute atomic E-state index is 0.0815. The van der Waals surface area contributed by atoms with Gasteiger partial charge in [0.15, 0.2) is 5.65 Å². The van der Waals surface area contributed by atoms with E-state index in [4.69, 9.17) is 14.5 Å². The van der Waals surface area contributed by atoms with E-state index in [2.05, 4.69) is 35.5 Å². The first kappa shape index (κ1) is 45.3. The van der Waals surface area contributed by atoms with Crippen molar-refractivity contribution >= 4 is 40.1 Å². The number of carbonyl (C=O) groups excluding carboxylic acids is 2. The number of aromatic amines is 1. The zero-order chi connectivity index (χ0) is 47.1. The van der Waals surface area contributed by atoms with Crippen molar-refractivity contribution in [3.8, 4) is 27.4 Å². The lowest BCUT2D eigenvalue weighted by molar-refractivity contribution is -0.141. The van der Waals surface area contributed by atoms with Gasteiger partial charge in [0.25, 0.3) is 0 Å². The zero-order valence-electron chi connectivity index (χ0n) is 38.9. The van der Waals surface area contributed by atoms with Gasteiger partial charge in [0, 0.05) is 67.6 Å². The number of phenols is 1. The van der Waals surface area contributed by atoms with Gasteiger partial charge in [0.1, 0.15) is 23.5 Å². The third kappa shape index (κ3) is 9.10. The minimum atomic E-state index is -0.805. The van der Waals surface area contributed by atoms with Crippen molar-refractivity contribution in [1.29, 1.82) is 0 Å². The van der Waals surface area contributed by atoms with Gasteiger partial charge in [-0.1, -0.05) is 55.4 Å². The van der Waals surface area contributed by atoms with Gasteiger partial charge in [-0.05, 0) is 111 Å². The molecule has 0 unspecified atom stereocenters. The van der Waals surface area contributed by atoms with Crippen LogP contribution in [0.15, 0.2) is 89.3 Å². The molecule has 0 bridgehead atoms. The Morgan fingerprint density at radius 2 is 1.63 bits per heavy atom. The molecule has 1 saturated carbocycles. The van der Waals surface area contributed by atoms with Gasteiger partial charge in [0.05, 0.1) is 39.6 Å². The predicted molar refractivity (Wildman–Crippen MR) is 260 cm³/mol. The Morgan fingerprint density at radius 3 is 2.34 bits per heavy atom. The first-order valence-electron chi connectivity index (χ1n) is 23.9. The number of carbonyl (C=O) groups is 2. The number of benzene rings is 2. The number of hydrogen-bond acceptors (Lipinski definition) is 13. The first-order valence-corrected chi connectivity index (χ1v) is 24.8. The number of amides is 2. The number of thiazole rings is 1. The SMILES string of the molecule is Cc1ncsc1-c1ccc([C@H](C)NC(=O)[C@@H]2C[C@@H](O)CN2C(=O)[C@H](c2cc([C@H]3CC[C@@H](c4cnc(N5CCC(c6c[nH]c7nnc(-c8ccccc8O)cc67)CC5)nc4)CC3)no2)C(C)C)cc1. The molecule has 10 rings (SSSR count). The zero-order valence-corrected chi connectivity index (χ0v) is 39.7. The van der Waals surface area contributed by atoms with Crippen LogP contribution < -0.4 is 10.2 Å². The van der Waals surface area contributed by atoms with Crippen molar-refractivity contribution in [2.45, 2.75) is 114 Å². The third-order valence-electron chi connectivity index (χ3n) is 14.6. The van der Waals surface area contributed by atoms with Crippen molar-refractivity contribution in [3.63, 3.8) is 0 Å². The minimum Gasteiger partial charge on any atom is -0.507 e. The number of aromatic nitrogens is 7. The average Bonchev–Trinajstić information content (AvgIpc) is 4.19. The maximum atomic E-state index is 14.4. The number of nitrogens with zero attached hydrogens (tertiary/aromatic N) is 8. The van der Waals surface area contributed by atoms with Crippen molar-refractivity contribution in [1.82, 2.24) is 45.5 Å². The van der Waals surface area contributed by atoms with E-state index >= 15 is 0 Å². The molecule has 3 aliphatic rings. The first-order chi connectivity index (χ1) is 33.0. The molecule has 15 nitrogen and oxygen atoms in total. The van der Waals surface area contributed by atoms with Crippen LogP contribution in [0, 0.1) is 12.8 Å². The van der Waals surface area contributed by atoms with Crippen molar-refractivity contribution in [2.24, 2.45) is 5.92 Å². The highest BCUT2D eigenvalue weighted by Crippen LogP contribution is 2.42. The van der Waals surface area contributed by atoms with Crippen LogP contribution in [0.3, 0.4) is 0 Å². The number of likely N-dealkylation sites (tertiary alicyclic amines) is 1. The molecule has 5 aromatic heterocycles. The highest BCUT2D eigenvalue weighted by atomic mass is 32.1. The highest BCUT2D eigenvalue weighted by Gasteiger charge is 2.44. The molecule has 0 radical (unpaired) electrons. The van der Waals surface area contributed by atoms with Gasteiger partial charge in [0.2, 0.25) is 17.8 Å². The van der Waals surface area contributed by atoms with Gasteiger partial charge < -0.3 is 34.8 Å². The number of nitrogens with one attached hydrogen (secondary N) is 2. The summed E-state index contributed by atoms with van der Waals surface area (Å²) < 4.78 is 5.96. The third-order valence-corrected chi connectivity index (χ3v) is 15.5. The van der Waals surface area contributed by atoms with Crippen LogP contribution in [0.4, 0.5) is 5.95 Å². The Kier molecular flexibility index (Phi) is 12.8. The molecule has 352 valence electrons. The second-order valence-electron chi connectivity index (χ2n) is 19.3. The van der Waals surface area contributed by atoms with Crippen LogP contribution in [0.5, 0.6) is 5.75 Å². The normalized spacial score (nSPS) is 21.1. The van der Waals surface area contributed by atoms with Crippen molar-refractivity contribution in [2.75, 3.05) is 24.5 Å². The molecule has 2 aromatic carbocycles. The van der Waals surface area contributed by atoms with E-state index in [0.717, 1.165) is 102 Å². The Morgan fingerprint density at radius 1 is 0.897 bits per heavy atom. The maximum absolute atomic E-state index is 14.4. The summed E-state index contributed by atoms with van der Waals surface area (Å²) in [5.74, 6) is 1.02. The largest absolute Gasteiger partial charge is 0.507 e. The van der Waals surface area contributed by atoms with E-state index in [-0.39, 0.29) is 48.4 Å². The Labute approximate surface area is 399 Å². The number of piperidine rings is 1. The monoisotopic (exact) mass is 934 g/mol. The molecule has 1 aliphatic carbocycles. The number of hydrogen-bond donors (Lipinski definition) is 4. The number of para-hydroxylation sites is 1. The van der Waals surface area contributed by atoms with Gasteiger partial charge in [-0.25, -0.2) is 15.0 Å². The second-order valence-corrected chi connectivity index (χ2v) is 20.1. The fourth-order valence-corrected chi connectivity index (χ4v) is 11.5. The Balaban J connectivity index is 0.726. The van der Waals surface area contributed by atoms with Crippen molar-refractivity contribution in [3.05, 3.63) is 119 Å². The van der Waals surface area contributed by atoms with Crippen LogP contribution in [0.25, 0.3) is 32.7 Å². The van der Waals surface area contributed by atoms with Gasteiger partial charge in [-0.15, -0.1) is 21.5 Å². The summed E-state index contributed by atoms with van der Waals surface area (Å²) >= 11 is 1.60. The summed E-state index contributed by atoms with van der Waals surface area (Å²) in [6.07, 6.45) is 11.1. The summed E-state index contributed by atoms with van der Waals surface area (Å²) in [4.78, 5) is 50.5. The van der Waals surface area contributed by atoms with E-state index < -0.39 is 18.1 Å². The van der Waals surface area contributed by atoms with E-state index in [1.807, 2.05) is 100 Å². The fourth-order valence-electron chi connectivity index (χ4n) is 10.7. The number of H-pyrrole nitrogens is 1. The summed E-state index contributed by atoms with van der Waals surface area (Å²) in [6.45, 7) is 9.64. The lowest BCUT2D eigenvalue weighted by Gasteiger charge is -2.32. The van der Waals surface area contributed by atoms with Crippen LogP contribution in [0.2, 0.25) is 0 Å². The Bertz CT molecular complexity index is 2880. The molecule has 2 saturated heterocycles. The number of β-amino-alcohol motifs (C(OH)–C–C–N with tert-alkyl or cyclic N) is 1. The highest BCUT2D eigenvalue weighted by molar-refractivity contribution is 7.13. The van der Waals surface area contributed by atoms with E-state index in [9.17, 15) is 19.8 Å². The summed E-state index contributed by atoms with van der Waals surface area (Å²) in [5, 5.41) is 38.6. The van der Waals surface area contributed by atoms with Gasteiger partial charge in [-0.2, -0.15) is 0 Å². The molecular formula is C52H58N10O5S. The molecule has 7 heterocycles. The number of anilines is 1. The molecule has 4 N–H and O–H groups in total. The quantitative estimate of drug-likeness (QED) is 0.0909. The second kappa shape index (κ2) is 19.2. The molecule has 3 fully saturated rings. The van der Waals surface area contributed by atoms with Crippen LogP contribution in [-0.4, -0.2) is 94.0 Å². The van der Waals surface area contributed by atoms with E-state index in [0.29, 0.717) is 28.9 Å². The lowest BCUT2D eigenvalue weighted by atomic mass is 9.78. The molecule has 4 atom stereocenters. The number of aliphatic hydroxyl groups is 1. The number of aliphatic hydroxyl groups excluding tert-OH is 1. The predicted octanol–water partition coefficient (Wildman–Crippen LogP) is 8.94. The maximum Gasteiger partial charge on any atom is 0.243 e. The van der Waals surface area contributed by atoms with Crippen LogP contribution in [-0.2, 0) is 9.59 Å². The number of fused-ring (bicyclic) bond motifs is 1. The van der Waals surface area contributed by atoms with Crippen molar-refractivity contribution < 1.29 is 24.3 Å². The fraction of sp³-hybridized carbons (Fsp3) is 0.423. The molecule has 2 amide bonds. The van der Waals surface area contributed by atoms with E-state index in [1.54, 1.807) is 23.5 Å². The number of aromatic hydroxyl groups is 1. The smallest absolute Gasteiger partial charge is 0.243 e. The summed E-state index contributed by atoms with van der Waals surface area (Å²) in [7, 11) is 0. The molecule has 2 aliphatic heterocycles. The molecule has 68 heavy (non-hydrogen) atoms.